The number of hydrogen-bond donors (Lipinski definition) is 1. The lowest BCUT2D eigenvalue weighted by Gasteiger charge is -2.33. The van der Waals surface area contributed by atoms with Crippen LogP contribution in [-0.4, -0.2) is 57.2 Å². The van der Waals surface area contributed by atoms with Crippen LogP contribution in [0, 0.1) is 0 Å². The van der Waals surface area contributed by atoms with Crippen molar-refractivity contribution in [3.05, 3.63) is 18.3 Å². The van der Waals surface area contributed by atoms with Gasteiger partial charge in [0, 0.05) is 25.5 Å². The smallest absolute Gasteiger partial charge is 0.179 e. The number of aliphatic hydroxyl groups excluding tert-OH is 1. The number of rotatable bonds is 5. The SMILES string of the molecule is CS(=O)(=O)c1cccnc1N1CCC(OCCO)CC1. The summed E-state index contributed by atoms with van der Waals surface area (Å²) in [6, 6.07) is 3.23. The standard InChI is InChI=1S/C13H20N2O4S/c1-20(17,18)12-3-2-6-14-13(12)15-7-4-11(5-8-15)19-10-9-16/h2-3,6,11,16H,4-5,7-10H2,1H3. The van der Waals surface area contributed by atoms with Crippen LogP contribution in [0.2, 0.25) is 0 Å². The van der Waals surface area contributed by atoms with Crippen molar-refractivity contribution in [1.82, 2.24) is 4.98 Å². The molecule has 112 valence electrons. The molecule has 0 spiro atoms. The van der Waals surface area contributed by atoms with E-state index in [4.69, 9.17) is 9.84 Å². The van der Waals surface area contributed by atoms with Crippen molar-refractivity contribution in [2.45, 2.75) is 23.8 Å². The molecule has 1 aromatic rings. The molecule has 0 atom stereocenters. The lowest BCUT2D eigenvalue weighted by molar-refractivity contribution is 0.0158. The maximum Gasteiger partial charge on any atom is 0.179 e. The fourth-order valence-corrected chi connectivity index (χ4v) is 3.20. The molecule has 0 saturated carbocycles. The van der Waals surface area contributed by atoms with Crippen LogP contribution in [0.25, 0.3) is 0 Å². The van der Waals surface area contributed by atoms with E-state index in [1.54, 1.807) is 18.3 Å². The minimum Gasteiger partial charge on any atom is -0.394 e. The summed E-state index contributed by atoms with van der Waals surface area (Å²) in [5, 5.41) is 8.74. The molecule has 1 aromatic heterocycles. The Bertz CT molecular complexity index is 539. The van der Waals surface area contributed by atoms with Crippen LogP contribution in [0.1, 0.15) is 12.8 Å². The number of piperidine rings is 1. The molecule has 7 heteroatoms. The molecule has 2 heterocycles. The van der Waals surface area contributed by atoms with Crippen LogP contribution in [0.3, 0.4) is 0 Å². The second kappa shape index (κ2) is 6.51. The summed E-state index contributed by atoms with van der Waals surface area (Å²) in [6.45, 7) is 1.78. The van der Waals surface area contributed by atoms with Crippen LogP contribution < -0.4 is 4.90 Å². The Hall–Kier alpha value is -1.18. The molecule has 0 radical (unpaired) electrons. The Balaban J connectivity index is 2.08. The maximum atomic E-state index is 11.8. The quantitative estimate of drug-likeness (QED) is 0.851. The minimum atomic E-state index is -3.28. The number of aromatic nitrogens is 1. The van der Waals surface area contributed by atoms with Crippen molar-refractivity contribution < 1.29 is 18.3 Å². The lowest BCUT2D eigenvalue weighted by Crippen LogP contribution is -2.38. The topological polar surface area (TPSA) is 79.7 Å². The van der Waals surface area contributed by atoms with Gasteiger partial charge in [-0.15, -0.1) is 0 Å². The third-order valence-electron chi connectivity index (χ3n) is 3.34. The first-order chi connectivity index (χ1) is 9.52. The second-order valence-electron chi connectivity index (χ2n) is 4.88. The van der Waals surface area contributed by atoms with Gasteiger partial charge in [0.2, 0.25) is 0 Å². The Morgan fingerprint density at radius 1 is 1.45 bits per heavy atom. The fraction of sp³-hybridized carbons (Fsp3) is 0.615. The summed E-state index contributed by atoms with van der Waals surface area (Å²) < 4.78 is 29.1. The van der Waals surface area contributed by atoms with Gasteiger partial charge in [-0.1, -0.05) is 0 Å². The molecule has 0 unspecified atom stereocenters. The van der Waals surface area contributed by atoms with Crippen LogP contribution >= 0.6 is 0 Å². The van der Waals surface area contributed by atoms with Gasteiger partial charge in [-0.3, -0.25) is 0 Å². The van der Waals surface area contributed by atoms with Gasteiger partial charge in [-0.25, -0.2) is 13.4 Å². The van der Waals surface area contributed by atoms with Gasteiger partial charge >= 0.3 is 0 Å². The van der Waals surface area contributed by atoms with Gasteiger partial charge in [0.05, 0.1) is 19.3 Å². The van der Waals surface area contributed by atoms with E-state index in [0.717, 1.165) is 12.8 Å². The van der Waals surface area contributed by atoms with Gasteiger partial charge in [0.1, 0.15) is 10.7 Å². The molecule has 20 heavy (non-hydrogen) atoms. The highest BCUT2D eigenvalue weighted by atomic mass is 32.2. The number of ether oxygens (including phenoxy) is 1. The number of aliphatic hydroxyl groups is 1. The maximum absolute atomic E-state index is 11.8. The molecule has 1 fully saturated rings. The Labute approximate surface area is 119 Å². The number of sulfone groups is 1. The fourth-order valence-electron chi connectivity index (χ4n) is 2.36. The molecular weight excluding hydrogens is 280 g/mol. The van der Waals surface area contributed by atoms with Crippen molar-refractivity contribution >= 4 is 15.7 Å². The highest BCUT2D eigenvalue weighted by Gasteiger charge is 2.24. The molecule has 6 nitrogen and oxygen atoms in total. The summed E-state index contributed by atoms with van der Waals surface area (Å²) in [5.74, 6) is 0.524. The van der Waals surface area contributed by atoms with E-state index in [2.05, 4.69) is 4.98 Å². The molecule has 0 amide bonds. The van der Waals surface area contributed by atoms with E-state index >= 15 is 0 Å². The second-order valence-corrected chi connectivity index (χ2v) is 6.86. The van der Waals surface area contributed by atoms with Gasteiger partial charge in [0.25, 0.3) is 0 Å². The highest BCUT2D eigenvalue weighted by molar-refractivity contribution is 7.90. The predicted octanol–water partition coefficient (Wildman–Crippen LogP) is 0.463. The summed E-state index contributed by atoms with van der Waals surface area (Å²) in [6.07, 6.45) is 4.55. The van der Waals surface area contributed by atoms with Crippen molar-refractivity contribution in [3.8, 4) is 0 Å². The number of pyridine rings is 1. The zero-order valence-corrected chi connectivity index (χ0v) is 12.3. The van der Waals surface area contributed by atoms with E-state index < -0.39 is 9.84 Å². The summed E-state index contributed by atoms with van der Waals surface area (Å²) in [5.41, 5.74) is 0. The molecule has 0 aliphatic carbocycles. The largest absolute Gasteiger partial charge is 0.394 e. The van der Waals surface area contributed by atoms with E-state index in [1.165, 1.54) is 6.26 Å². The molecular formula is C13H20N2O4S. The zero-order chi connectivity index (χ0) is 14.6. The molecule has 1 aliphatic heterocycles. The predicted molar refractivity (Wildman–Crippen MR) is 75.6 cm³/mol. The summed E-state index contributed by atoms with van der Waals surface area (Å²) in [4.78, 5) is 6.48. The summed E-state index contributed by atoms with van der Waals surface area (Å²) >= 11 is 0. The van der Waals surface area contributed by atoms with E-state index in [1.807, 2.05) is 4.90 Å². The number of anilines is 1. The number of hydrogen-bond acceptors (Lipinski definition) is 6. The Kier molecular flexibility index (Phi) is 4.95. The van der Waals surface area contributed by atoms with Crippen LogP contribution in [-0.2, 0) is 14.6 Å². The average molecular weight is 300 g/mol. The van der Waals surface area contributed by atoms with Crippen LogP contribution in [0.5, 0.6) is 0 Å². The van der Waals surface area contributed by atoms with Gasteiger partial charge < -0.3 is 14.7 Å². The number of nitrogens with zero attached hydrogens (tertiary/aromatic N) is 2. The molecule has 0 bridgehead atoms. The van der Waals surface area contributed by atoms with Crippen molar-refractivity contribution in [1.29, 1.82) is 0 Å². The van der Waals surface area contributed by atoms with Crippen LogP contribution in [0.15, 0.2) is 23.2 Å². The van der Waals surface area contributed by atoms with E-state index in [-0.39, 0.29) is 17.6 Å². The Morgan fingerprint density at radius 2 is 2.15 bits per heavy atom. The van der Waals surface area contributed by atoms with Gasteiger partial charge in [0.15, 0.2) is 9.84 Å². The molecule has 1 N–H and O–H groups in total. The average Bonchev–Trinajstić information content (AvgIpc) is 2.45. The molecule has 1 aliphatic rings. The van der Waals surface area contributed by atoms with Gasteiger partial charge in [-0.2, -0.15) is 0 Å². The van der Waals surface area contributed by atoms with Crippen molar-refractivity contribution in [2.24, 2.45) is 0 Å². The first-order valence-corrected chi connectivity index (χ1v) is 8.54. The highest BCUT2D eigenvalue weighted by Crippen LogP contribution is 2.25. The summed E-state index contributed by atoms with van der Waals surface area (Å²) in [7, 11) is -3.28. The monoisotopic (exact) mass is 300 g/mol. The van der Waals surface area contributed by atoms with Gasteiger partial charge in [-0.05, 0) is 25.0 Å². The molecule has 2 rings (SSSR count). The normalized spacial score (nSPS) is 17.4. The van der Waals surface area contributed by atoms with Crippen LogP contribution in [0.4, 0.5) is 5.82 Å². The van der Waals surface area contributed by atoms with E-state index in [9.17, 15) is 8.42 Å². The zero-order valence-electron chi connectivity index (χ0n) is 11.5. The minimum absolute atomic E-state index is 0.0265. The Morgan fingerprint density at radius 3 is 2.75 bits per heavy atom. The molecule has 1 saturated heterocycles. The third kappa shape index (κ3) is 3.68. The third-order valence-corrected chi connectivity index (χ3v) is 4.45. The van der Waals surface area contributed by atoms with Crippen molar-refractivity contribution in [3.63, 3.8) is 0 Å². The lowest BCUT2D eigenvalue weighted by atomic mass is 10.1. The first kappa shape index (κ1) is 15.2. The van der Waals surface area contributed by atoms with Crippen molar-refractivity contribution in [2.75, 3.05) is 37.5 Å². The molecule has 0 aromatic carbocycles. The first-order valence-electron chi connectivity index (χ1n) is 6.65. The van der Waals surface area contributed by atoms with E-state index in [0.29, 0.717) is 25.5 Å².